The van der Waals surface area contributed by atoms with E-state index < -0.39 is 6.04 Å². The fraction of sp³-hybridized carbons (Fsp3) is 0.0645. The summed E-state index contributed by atoms with van der Waals surface area (Å²) < 4.78 is 5.38. The number of hydrazone groups is 1. The van der Waals surface area contributed by atoms with Crippen molar-refractivity contribution in [3.63, 3.8) is 0 Å². The number of hydrogen-bond acceptors (Lipinski definition) is 4. The predicted octanol–water partition coefficient (Wildman–Crippen LogP) is 6.77. The molecule has 1 atom stereocenters. The van der Waals surface area contributed by atoms with Crippen molar-refractivity contribution in [2.45, 2.75) is 12.5 Å². The van der Waals surface area contributed by atoms with E-state index >= 15 is 0 Å². The Morgan fingerprint density at radius 3 is 2.47 bits per heavy atom. The van der Waals surface area contributed by atoms with E-state index in [1.165, 1.54) is 11.3 Å². The van der Waals surface area contributed by atoms with Gasteiger partial charge in [0.15, 0.2) is 5.76 Å². The van der Waals surface area contributed by atoms with E-state index in [0.717, 1.165) is 22.1 Å². The molecule has 0 aliphatic carbocycles. The van der Waals surface area contributed by atoms with Gasteiger partial charge in [-0.05, 0) is 41.5 Å². The van der Waals surface area contributed by atoms with E-state index in [1.807, 2.05) is 78.9 Å². The molecule has 3 aromatic carbocycles. The first kappa shape index (κ1) is 23.7. The number of furan rings is 1. The lowest BCUT2D eigenvalue weighted by Crippen LogP contribution is -2.31. The number of hydrogen-bond donors (Lipinski definition) is 1. The maximum Gasteiger partial charge on any atom is 0.310 e. The van der Waals surface area contributed by atoms with Crippen molar-refractivity contribution >= 4 is 40.2 Å². The summed E-state index contributed by atoms with van der Waals surface area (Å²) in [6.45, 7) is 0. The van der Waals surface area contributed by atoms with Crippen LogP contribution in [0.1, 0.15) is 28.1 Å². The highest BCUT2D eigenvalue weighted by molar-refractivity contribution is 6.31. The maximum atomic E-state index is 13.6. The molecule has 186 valence electrons. The van der Waals surface area contributed by atoms with Gasteiger partial charge in [0, 0.05) is 27.9 Å². The molecule has 0 radical (unpaired) electrons. The largest absolute Gasteiger partial charge is 0.459 e. The molecule has 38 heavy (non-hydrogen) atoms. The average molecular weight is 520 g/mol. The standard InChI is InChI=1S/C31H22ClN3O3/c32-22-14-16-25-24(18-22)28(21-10-5-2-6-11-21)29(30(36)33-25)26-19-23(15-13-20-8-3-1-4-9-20)35(34-26)31(37)27-12-7-17-38-27/h1-18,23H,19H2,(H,33,36)/b15-13+. The first-order chi connectivity index (χ1) is 18.6. The van der Waals surface area contributed by atoms with Crippen molar-refractivity contribution in [3.05, 3.63) is 136 Å². The van der Waals surface area contributed by atoms with Crippen molar-refractivity contribution in [1.82, 2.24) is 9.99 Å². The lowest BCUT2D eigenvalue weighted by molar-refractivity contribution is 0.0710. The third-order valence-electron chi connectivity index (χ3n) is 6.52. The minimum Gasteiger partial charge on any atom is -0.459 e. The zero-order valence-corrected chi connectivity index (χ0v) is 20.9. The molecule has 2 aromatic heterocycles. The van der Waals surface area contributed by atoms with Gasteiger partial charge in [0.1, 0.15) is 0 Å². The number of halogens is 1. The van der Waals surface area contributed by atoms with Gasteiger partial charge in [-0.15, -0.1) is 0 Å². The molecule has 7 heteroatoms. The molecule has 1 N–H and O–H groups in total. The summed E-state index contributed by atoms with van der Waals surface area (Å²) in [5.74, 6) is -0.204. The molecule has 1 amide bonds. The van der Waals surface area contributed by atoms with Crippen LogP contribution in [0.3, 0.4) is 0 Å². The number of H-pyrrole nitrogens is 1. The zero-order valence-electron chi connectivity index (χ0n) is 20.2. The second-order valence-corrected chi connectivity index (χ2v) is 9.41. The molecule has 5 aromatic rings. The number of pyridine rings is 1. The van der Waals surface area contributed by atoms with Crippen LogP contribution in [0.15, 0.2) is 118 Å². The summed E-state index contributed by atoms with van der Waals surface area (Å²) in [4.78, 5) is 30.0. The van der Waals surface area contributed by atoms with E-state index in [9.17, 15) is 9.59 Å². The highest BCUT2D eigenvalue weighted by Crippen LogP contribution is 2.34. The lowest BCUT2D eigenvalue weighted by Gasteiger charge is -2.17. The van der Waals surface area contributed by atoms with Crippen LogP contribution < -0.4 is 5.56 Å². The Labute approximate surface area is 223 Å². The molecule has 1 unspecified atom stereocenters. The molecular weight excluding hydrogens is 498 g/mol. The van der Waals surface area contributed by atoms with Crippen molar-refractivity contribution in [2.24, 2.45) is 5.10 Å². The zero-order chi connectivity index (χ0) is 26.1. The van der Waals surface area contributed by atoms with E-state index in [4.69, 9.17) is 21.1 Å². The number of benzene rings is 3. The summed E-state index contributed by atoms with van der Waals surface area (Å²) in [6.07, 6.45) is 5.69. The first-order valence-corrected chi connectivity index (χ1v) is 12.6. The molecule has 0 bridgehead atoms. The van der Waals surface area contributed by atoms with Crippen molar-refractivity contribution in [3.8, 4) is 11.1 Å². The third kappa shape index (κ3) is 4.46. The number of amides is 1. The second-order valence-electron chi connectivity index (χ2n) is 8.98. The van der Waals surface area contributed by atoms with E-state index in [-0.39, 0.29) is 17.2 Å². The molecule has 6 nitrogen and oxygen atoms in total. The molecule has 1 aliphatic heterocycles. The number of carbonyl (C=O) groups excluding carboxylic acids is 1. The average Bonchev–Trinajstić information content (AvgIpc) is 3.63. The van der Waals surface area contributed by atoms with E-state index in [1.54, 1.807) is 24.3 Å². The van der Waals surface area contributed by atoms with E-state index in [0.29, 0.717) is 28.2 Å². The molecule has 0 saturated heterocycles. The van der Waals surface area contributed by atoms with Gasteiger partial charge in [-0.25, -0.2) is 5.01 Å². The molecule has 6 rings (SSSR count). The normalized spacial score (nSPS) is 15.3. The van der Waals surface area contributed by atoms with Crippen molar-refractivity contribution < 1.29 is 9.21 Å². The quantitative estimate of drug-likeness (QED) is 0.278. The van der Waals surface area contributed by atoms with Crippen LogP contribution in [0.2, 0.25) is 5.02 Å². The maximum absolute atomic E-state index is 13.6. The minimum absolute atomic E-state index is 0.176. The summed E-state index contributed by atoms with van der Waals surface area (Å²) in [7, 11) is 0. The fourth-order valence-corrected chi connectivity index (χ4v) is 4.94. The Kier molecular flexibility index (Phi) is 6.23. The van der Waals surface area contributed by atoms with Crippen LogP contribution in [0.5, 0.6) is 0 Å². The minimum atomic E-state index is -0.416. The summed E-state index contributed by atoms with van der Waals surface area (Å²) in [6, 6.07) is 27.7. The summed E-state index contributed by atoms with van der Waals surface area (Å²) in [5, 5.41) is 7.47. The van der Waals surface area contributed by atoms with Gasteiger partial charge in [-0.2, -0.15) is 5.10 Å². The Bertz CT molecular complexity index is 1740. The van der Waals surface area contributed by atoms with Crippen LogP contribution in [0, 0.1) is 0 Å². The Morgan fingerprint density at radius 2 is 1.74 bits per heavy atom. The number of carbonyl (C=O) groups is 1. The topological polar surface area (TPSA) is 78.7 Å². The molecular formula is C31H22ClN3O3. The fourth-order valence-electron chi connectivity index (χ4n) is 4.77. The highest BCUT2D eigenvalue weighted by atomic mass is 35.5. The van der Waals surface area contributed by atoms with Crippen molar-refractivity contribution in [2.75, 3.05) is 0 Å². The molecule has 0 saturated carbocycles. The molecule has 0 fully saturated rings. The van der Waals surface area contributed by atoms with Gasteiger partial charge in [0.05, 0.1) is 23.6 Å². The van der Waals surface area contributed by atoms with Crippen LogP contribution in [-0.4, -0.2) is 27.7 Å². The second kappa shape index (κ2) is 10.00. The number of aromatic amines is 1. The molecule has 3 heterocycles. The van der Waals surface area contributed by atoms with Gasteiger partial charge >= 0.3 is 5.91 Å². The number of nitrogens with one attached hydrogen (secondary N) is 1. The van der Waals surface area contributed by atoms with Gasteiger partial charge in [0.2, 0.25) is 0 Å². The molecule has 1 aliphatic rings. The molecule has 0 spiro atoms. The first-order valence-electron chi connectivity index (χ1n) is 12.2. The number of rotatable bonds is 5. The Hall–Kier alpha value is -4.68. The number of aromatic nitrogens is 1. The highest BCUT2D eigenvalue weighted by Gasteiger charge is 2.34. The van der Waals surface area contributed by atoms with Gasteiger partial charge in [-0.3, -0.25) is 9.59 Å². The van der Waals surface area contributed by atoms with Crippen LogP contribution in [0.25, 0.3) is 28.1 Å². The predicted molar refractivity (Wildman–Crippen MR) is 150 cm³/mol. The van der Waals surface area contributed by atoms with Gasteiger partial charge in [-0.1, -0.05) is 84.4 Å². The monoisotopic (exact) mass is 519 g/mol. The van der Waals surface area contributed by atoms with Gasteiger partial charge in [0.25, 0.3) is 5.56 Å². The lowest BCUT2D eigenvalue weighted by atomic mass is 9.92. The van der Waals surface area contributed by atoms with Crippen LogP contribution in [-0.2, 0) is 0 Å². The van der Waals surface area contributed by atoms with Gasteiger partial charge < -0.3 is 9.40 Å². The SMILES string of the molecule is O=C(c1ccco1)N1N=C(c2c(-c3ccccc3)c3cc(Cl)ccc3[nH]c2=O)CC1/C=C/c1ccccc1. The third-order valence-corrected chi connectivity index (χ3v) is 6.76. The Balaban J connectivity index is 1.52. The number of nitrogens with zero attached hydrogens (tertiary/aromatic N) is 2. The number of fused-ring (bicyclic) bond motifs is 1. The summed E-state index contributed by atoms with van der Waals surface area (Å²) in [5.41, 5.74) is 3.89. The van der Waals surface area contributed by atoms with Crippen LogP contribution >= 0.6 is 11.6 Å². The van der Waals surface area contributed by atoms with E-state index in [2.05, 4.69) is 4.98 Å². The smallest absolute Gasteiger partial charge is 0.310 e. The van der Waals surface area contributed by atoms with Crippen molar-refractivity contribution in [1.29, 1.82) is 0 Å². The Morgan fingerprint density at radius 1 is 0.974 bits per heavy atom. The van der Waals surface area contributed by atoms with Crippen LogP contribution in [0.4, 0.5) is 0 Å². The summed E-state index contributed by atoms with van der Waals surface area (Å²) >= 11 is 6.38.